The lowest BCUT2D eigenvalue weighted by Crippen LogP contribution is -2.15. The van der Waals surface area contributed by atoms with Crippen molar-refractivity contribution in [2.45, 2.75) is 25.0 Å². The highest BCUT2D eigenvalue weighted by molar-refractivity contribution is 7.86. The van der Waals surface area contributed by atoms with Gasteiger partial charge in [-0.25, -0.2) is 0 Å². The van der Waals surface area contributed by atoms with Crippen molar-refractivity contribution in [3.05, 3.63) is 71.8 Å². The van der Waals surface area contributed by atoms with Crippen LogP contribution in [0.3, 0.4) is 0 Å². The first-order valence-electron chi connectivity index (χ1n) is 8.00. The minimum Gasteiger partial charge on any atom is -0.262 e. The smallest absolute Gasteiger partial charge is 0.262 e. The van der Waals surface area contributed by atoms with E-state index in [4.69, 9.17) is 8.37 Å². The third-order valence-electron chi connectivity index (χ3n) is 3.62. The van der Waals surface area contributed by atoms with Gasteiger partial charge in [-0.05, 0) is 24.0 Å². The van der Waals surface area contributed by atoms with E-state index in [1.165, 1.54) is 0 Å². The minimum atomic E-state index is -3.68. The summed E-state index contributed by atoms with van der Waals surface area (Å²) in [6.45, 7) is 0. The highest BCUT2D eigenvalue weighted by Crippen LogP contribution is 2.31. The second kappa shape index (κ2) is 8.77. The fourth-order valence-corrected chi connectivity index (χ4v) is 3.86. The molecule has 8 heteroatoms. The van der Waals surface area contributed by atoms with Crippen molar-refractivity contribution < 1.29 is 25.2 Å². The van der Waals surface area contributed by atoms with Crippen LogP contribution < -0.4 is 0 Å². The Morgan fingerprint density at radius 1 is 0.654 bits per heavy atom. The van der Waals surface area contributed by atoms with E-state index in [1.54, 1.807) is 48.5 Å². The molecule has 2 aromatic rings. The van der Waals surface area contributed by atoms with Gasteiger partial charge in [0.1, 0.15) is 12.2 Å². The molecule has 0 bridgehead atoms. The van der Waals surface area contributed by atoms with E-state index in [0.29, 0.717) is 11.1 Å². The lowest BCUT2D eigenvalue weighted by atomic mass is 9.99. The van der Waals surface area contributed by atoms with Crippen LogP contribution in [-0.4, -0.2) is 29.3 Å². The first-order chi connectivity index (χ1) is 12.1. The topological polar surface area (TPSA) is 86.7 Å². The third kappa shape index (κ3) is 7.25. The fourth-order valence-electron chi connectivity index (χ4n) is 2.60. The summed E-state index contributed by atoms with van der Waals surface area (Å²) in [6.07, 6.45) is 1.08. The van der Waals surface area contributed by atoms with Crippen LogP contribution in [0.25, 0.3) is 0 Å². The zero-order valence-corrected chi connectivity index (χ0v) is 16.2. The minimum absolute atomic E-state index is 0.270. The Morgan fingerprint density at radius 3 is 1.23 bits per heavy atom. The van der Waals surface area contributed by atoms with E-state index in [0.717, 1.165) is 12.5 Å². The molecule has 0 saturated carbocycles. The summed E-state index contributed by atoms with van der Waals surface area (Å²) in [6, 6.07) is 17.9. The molecule has 0 aromatic heterocycles. The summed E-state index contributed by atoms with van der Waals surface area (Å²) in [7, 11) is -7.36. The lowest BCUT2D eigenvalue weighted by Gasteiger charge is -2.21. The summed E-state index contributed by atoms with van der Waals surface area (Å²) in [5.74, 6) is 0. The Labute approximate surface area is 155 Å². The van der Waals surface area contributed by atoms with E-state index in [2.05, 4.69) is 0 Å². The van der Waals surface area contributed by atoms with Crippen molar-refractivity contribution in [3.8, 4) is 0 Å². The van der Waals surface area contributed by atoms with E-state index < -0.39 is 32.4 Å². The van der Waals surface area contributed by atoms with Crippen molar-refractivity contribution in [1.82, 2.24) is 0 Å². The molecule has 0 amide bonds. The van der Waals surface area contributed by atoms with Gasteiger partial charge in [-0.15, -0.1) is 0 Å². The van der Waals surface area contributed by atoms with Gasteiger partial charge in [-0.1, -0.05) is 60.7 Å². The first kappa shape index (κ1) is 20.6. The Kier molecular flexibility index (Phi) is 6.94. The fraction of sp³-hybridized carbons (Fsp3) is 0.333. The van der Waals surface area contributed by atoms with Gasteiger partial charge in [0.25, 0.3) is 20.2 Å². The third-order valence-corrected chi connectivity index (χ3v) is 4.78. The van der Waals surface area contributed by atoms with Gasteiger partial charge in [-0.3, -0.25) is 8.37 Å². The van der Waals surface area contributed by atoms with Crippen LogP contribution in [0, 0.1) is 0 Å². The van der Waals surface area contributed by atoms with Crippen LogP contribution in [0.15, 0.2) is 60.7 Å². The molecule has 0 spiro atoms. The molecule has 2 aromatic carbocycles. The van der Waals surface area contributed by atoms with Crippen LogP contribution in [0.4, 0.5) is 0 Å². The van der Waals surface area contributed by atoms with Gasteiger partial charge < -0.3 is 0 Å². The van der Waals surface area contributed by atoms with Gasteiger partial charge >= 0.3 is 0 Å². The molecule has 0 N–H and O–H groups in total. The predicted octanol–water partition coefficient (Wildman–Crippen LogP) is 3.20. The monoisotopic (exact) mass is 398 g/mol. The van der Waals surface area contributed by atoms with Gasteiger partial charge in [0, 0.05) is 0 Å². The molecule has 0 aliphatic heterocycles. The zero-order valence-electron chi connectivity index (χ0n) is 14.6. The SMILES string of the molecule is CS(=O)(=O)O[C@@H](CC[C@H](OS(C)(=O)=O)c1ccccc1)c1ccccc1. The molecule has 2 rings (SSSR count). The second-order valence-electron chi connectivity index (χ2n) is 5.98. The average molecular weight is 399 g/mol. The first-order valence-corrected chi connectivity index (χ1v) is 11.6. The van der Waals surface area contributed by atoms with Gasteiger partial charge in [0.2, 0.25) is 0 Å². The standard InChI is InChI=1S/C18H22O6S2/c1-25(19,20)23-17(15-9-5-3-6-10-15)13-14-18(24-26(2,21)22)16-11-7-4-8-12-16/h3-12,17-18H,13-14H2,1-2H3/t17-,18-/m0/s1. The maximum absolute atomic E-state index is 11.6. The molecule has 0 aliphatic carbocycles. The van der Waals surface area contributed by atoms with Gasteiger partial charge in [-0.2, -0.15) is 16.8 Å². The van der Waals surface area contributed by atoms with Gasteiger partial charge in [0.15, 0.2) is 0 Å². The maximum atomic E-state index is 11.6. The highest BCUT2D eigenvalue weighted by Gasteiger charge is 2.23. The Hall–Kier alpha value is -1.74. The van der Waals surface area contributed by atoms with E-state index in [-0.39, 0.29) is 12.8 Å². The molecule has 6 nitrogen and oxygen atoms in total. The number of benzene rings is 2. The van der Waals surface area contributed by atoms with Crippen molar-refractivity contribution in [2.75, 3.05) is 12.5 Å². The Balaban J connectivity index is 2.22. The van der Waals surface area contributed by atoms with Crippen LogP contribution in [0.1, 0.15) is 36.2 Å². The van der Waals surface area contributed by atoms with Crippen LogP contribution in [0.5, 0.6) is 0 Å². The van der Waals surface area contributed by atoms with Crippen molar-refractivity contribution in [2.24, 2.45) is 0 Å². The quantitative estimate of drug-likeness (QED) is 0.603. The van der Waals surface area contributed by atoms with E-state index in [1.807, 2.05) is 12.1 Å². The summed E-state index contributed by atoms with van der Waals surface area (Å²) < 4.78 is 56.9. The number of hydrogen-bond acceptors (Lipinski definition) is 6. The maximum Gasteiger partial charge on any atom is 0.264 e. The summed E-state index contributed by atoms with van der Waals surface area (Å²) in [5, 5.41) is 0. The predicted molar refractivity (Wildman–Crippen MR) is 99.5 cm³/mol. The van der Waals surface area contributed by atoms with Crippen molar-refractivity contribution in [1.29, 1.82) is 0 Å². The summed E-state index contributed by atoms with van der Waals surface area (Å²) >= 11 is 0. The average Bonchev–Trinajstić information content (AvgIpc) is 2.57. The van der Waals surface area contributed by atoms with E-state index in [9.17, 15) is 16.8 Å². The van der Waals surface area contributed by atoms with Crippen molar-refractivity contribution >= 4 is 20.2 Å². The Bertz CT molecular complexity index is 816. The van der Waals surface area contributed by atoms with Crippen LogP contribution in [-0.2, 0) is 28.6 Å². The molecule has 0 heterocycles. The molecule has 2 atom stereocenters. The molecule has 0 radical (unpaired) electrons. The molecule has 0 aliphatic rings. The largest absolute Gasteiger partial charge is 0.264 e. The summed E-state index contributed by atoms with van der Waals surface area (Å²) in [4.78, 5) is 0. The van der Waals surface area contributed by atoms with Crippen LogP contribution in [0.2, 0.25) is 0 Å². The molecular formula is C18H22O6S2. The molecule has 0 saturated heterocycles. The number of hydrogen-bond donors (Lipinski definition) is 0. The molecular weight excluding hydrogens is 376 g/mol. The summed E-state index contributed by atoms with van der Waals surface area (Å²) in [5.41, 5.74) is 1.40. The molecule has 142 valence electrons. The van der Waals surface area contributed by atoms with Crippen molar-refractivity contribution in [3.63, 3.8) is 0 Å². The number of rotatable bonds is 9. The van der Waals surface area contributed by atoms with E-state index >= 15 is 0 Å². The molecule has 26 heavy (non-hydrogen) atoms. The lowest BCUT2D eigenvalue weighted by molar-refractivity contribution is 0.152. The highest BCUT2D eigenvalue weighted by atomic mass is 32.2. The molecule has 0 unspecified atom stereocenters. The van der Waals surface area contributed by atoms with Gasteiger partial charge in [0.05, 0.1) is 12.5 Å². The normalized spacial score (nSPS) is 14.7. The molecule has 0 fully saturated rings. The Morgan fingerprint density at radius 2 is 0.962 bits per heavy atom. The second-order valence-corrected chi connectivity index (χ2v) is 9.18. The van der Waals surface area contributed by atoms with Crippen LogP contribution >= 0.6 is 0 Å². The zero-order chi connectivity index (χ0) is 19.2.